The van der Waals surface area contributed by atoms with Crippen LogP contribution >= 0.6 is 0 Å². The zero-order valence-corrected chi connectivity index (χ0v) is 50.1. The molecule has 23 heteroatoms. The van der Waals surface area contributed by atoms with E-state index in [1.807, 2.05) is 0 Å². The second-order valence-corrected chi connectivity index (χ2v) is 23.3. The summed E-state index contributed by atoms with van der Waals surface area (Å²) in [7, 11) is 0. The number of aliphatic hydroxyl groups is 11. The minimum Gasteiger partial charge on any atom is -0.477 e. The molecule has 18 atom stereocenters. The van der Waals surface area contributed by atoms with E-state index >= 15 is 0 Å². The monoisotopic (exact) mass is 1190 g/mol. The molecule has 83 heavy (non-hydrogen) atoms. The molecule has 0 aromatic carbocycles. The topological polar surface area (TPSA) is 373 Å². The van der Waals surface area contributed by atoms with E-state index in [4.69, 9.17) is 28.4 Å². The van der Waals surface area contributed by atoms with Gasteiger partial charge in [0.1, 0.15) is 67.1 Å². The number of allylic oxidation sites excluding steroid dienone is 2. The molecule has 0 aliphatic carbocycles. The lowest BCUT2D eigenvalue weighted by Crippen LogP contribution is -2.70. The minimum absolute atomic E-state index is 0.214. The molecule has 0 saturated carbocycles. The molecule has 3 rings (SSSR count). The van der Waals surface area contributed by atoms with Gasteiger partial charge in [0.15, 0.2) is 12.6 Å². The molecule has 0 spiro atoms. The number of amides is 2. The van der Waals surface area contributed by atoms with Crippen molar-refractivity contribution >= 4 is 17.8 Å². The van der Waals surface area contributed by atoms with E-state index in [1.165, 1.54) is 96.3 Å². The molecule has 0 aromatic rings. The summed E-state index contributed by atoms with van der Waals surface area (Å²) in [6, 6.07) is -2.53. The molecule has 3 aliphatic rings. The highest BCUT2D eigenvalue weighted by Gasteiger charge is 2.60. The predicted molar refractivity (Wildman–Crippen MR) is 306 cm³/mol. The molecule has 3 fully saturated rings. The van der Waals surface area contributed by atoms with E-state index in [-0.39, 0.29) is 18.9 Å². The molecule has 23 nitrogen and oxygen atoms in total. The Morgan fingerprint density at radius 3 is 1.63 bits per heavy atom. The fourth-order valence-electron chi connectivity index (χ4n) is 11.1. The Kier molecular flexibility index (Phi) is 38.1. The molecule has 3 aliphatic heterocycles. The highest BCUT2D eigenvalue weighted by atomic mass is 16.8. The van der Waals surface area contributed by atoms with Gasteiger partial charge < -0.3 is 100 Å². The first-order valence-corrected chi connectivity index (χ1v) is 31.5. The van der Waals surface area contributed by atoms with Gasteiger partial charge in [-0.15, -0.1) is 0 Å². The minimum atomic E-state index is -3.08. The van der Waals surface area contributed by atoms with Crippen molar-refractivity contribution in [3.8, 4) is 0 Å². The highest BCUT2D eigenvalue weighted by molar-refractivity contribution is 5.77. The van der Waals surface area contributed by atoms with E-state index in [9.17, 15) is 75.7 Å². The maximum Gasteiger partial charge on any atom is 0.364 e. The highest BCUT2D eigenvalue weighted by Crippen LogP contribution is 2.38. The summed E-state index contributed by atoms with van der Waals surface area (Å²) < 4.78 is 34.7. The van der Waals surface area contributed by atoms with E-state index in [2.05, 4.69) is 36.6 Å². The number of carbonyl (C=O) groups excluding carboxylic acids is 2. The van der Waals surface area contributed by atoms with Crippen molar-refractivity contribution in [1.82, 2.24) is 10.6 Å². The number of hydrogen-bond acceptors (Lipinski definition) is 20. The van der Waals surface area contributed by atoms with Gasteiger partial charge in [-0.1, -0.05) is 167 Å². The van der Waals surface area contributed by atoms with Gasteiger partial charge in [0.05, 0.1) is 50.7 Å². The number of aliphatic hydroxyl groups excluding tert-OH is 11. The average Bonchev–Trinajstić information content (AvgIpc) is 3.02. The Labute approximate surface area is 492 Å². The van der Waals surface area contributed by atoms with Crippen molar-refractivity contribution in [2.45, 2.75) is 323 Å². The number of aliphatic carboxylic acids is 1. The summed E-state index contributed by atoms with van der Waals surface area (Å²) >= 11 is 0. The van der Waals surface area contributed by atoms with Crippen LogP contribution in [0.2, 0.25) is 0 Å². The summed E-state index contributed by atoms with van der Waals surface area (Å²) in [5.74, 6) is -6.11. The fourth-order valence-corrected chi connectivity index (χ4v) is 11.1. The summed E-state index contributed by atoms with van der Waals surface area (Å²) in [5, 5.41) is 136. The molecule has 0 bridgehead atoms. The Balaban J connectivity index is 1.65. The van der Waals surface area contributed by atoms with Crippen LogP contribution in [0.25, 0.3) is 0 Å². The Morgan fingerprint density at radius 2 is 1.12 bits per heavy atom. The van der Waals surface area contributed by atoms with Crippen LogP contribution in [0.5, 0.6) is 0 Å². The van der Waals surface area contributed by atoms with Gasteiger partial charge in [0.25, 0.3) is 5.79 Å². The van der Waals surface area contributed by atoms with Crippen molar-refractivity contribution in [1.29, 1.82) is 0 Å². The van der Waals surface area contributed by atoms with Crippen LogP contribution in [0.1, 0.15) is 213 Å². The van der Waals surface area contributed by atoms with Crippen LogP contribution in [-0.2, 0) is 42.8 Å². The molecular formula is C60H110N2O21. The molecular weight excluding hydrogens is 1080 g/mol. The molecule has 3 heterocycles. The summed E-state index contributed by atoms with van der Waals surface area (Å²) in [4.78, 5) is 38.4. The van der Waals surface area contributed by atoms with E-state index in [0.717, 1.165) is 71.1 Å². The maximum absolute atomic E-state index is 13.4. The SMILES string of the molecule is CCCCCCCCC/C=C\CCCCCCCC(=O)NC(COC1OC(CO)C(OC2OC(CO)C(O)C(OC3(C(=O)O)CC(O)C(NC(C)=O)C(C(O)C(O)CO)O3)C2O)C(O)C1O)C(O)CCCCCCCCCCCCCCC. The van der Waals surface area contributed by atoms with Crippen LogP contribution in [0.15, 0.2) is 12.2 Å². The number of carbonyl (C=O) groups is 3. The van der Waals surface area contributed by atoms with Gasteiger partial charge in [-0.05, 0) is 38.5 Å². The summed E-state index contributed by atoms with van der Waals surface area (Å²) in [6.07, 6.45) is 6.60. The van der Waals surface area contributed by atoms with E-state index in [0.29, 0.717) is 19.3 Å². The number of carboxylic acid groups (broad SMARTS) is 1. The van der Waals surface area contributed by atoms with Crippen LogP contribution in [0.3, 0.4) is 0 Å². The van der Waals surface area contributed by atoms with E-state index in [1.54, 1.807) is 0 Å². The average molecular weight is 1200 g/mol. The van der Waals surface area contributed by atoms with Crippen LogP contribution in [0, 0.1) is 0 Å². The van der Waals surface area contributed by atoms with Crippen molar-refractivity contribution in [2.24, 2.45) is 0 Å². The summed E-state index contributed by atoms with van der Waals surface area (Å²) in [6.45, 7) is 2.16. The molecule has 3 saturated heterocycles. The van der Waals surface area contributed by atoms with Gasteiger partial charge in [0.2, 0.25) is 11.8 Å². The van der Waals surface area contributed by atoms with E-state index < -0.39 is 148 Å². The molecule has 0 radical (unpaired) electrons. The third-order valence-electron chi connectivity index (χ3n) is 16.2. The van der Waals surface area contributed by atoms with Crippen molar-refractivity contribution in [2.75, 3.05) is 26.4 Å². The number of hydrogen-bond donors (Lipinski definition) is 14. The molecule has 18 unspecified atom stereocenters. The van der Waals surface area contributed by atoms with Gasteiger partial charge in [0, 0.05) is 19.8 Å². The normalized spacial score (nSPS) is 30.0. The molecule has 2 amide bonds. The Bertz CT molecular complexity index is 1750. The van der Waals surface area contributed by atoms with Gasteiger partial charge in [-0.2, -0.15) is 0 Å². The lowest BCUT2D eigenvalue weighted by Gasteiger charge is -2.50. The zero-order chi connectivity index (χ0) is 61.2. The lowest BCUT2D eigenvalue weighted by molar-refractivity contribution is -0.386. The largest absolute Gasteiger partial charge is 0.477 e. The second-order valence-electron chi connectivity index (χ2n) is 23.3. The molecule has 14 N–H and O–H groups in total. The van der Waals surface area contributed by atoms with Crippen LogP contribution < -0.4 is 10.6 Å². The van der Waals surface area contributed by atoms with Gasteiger partial charge in [-0.25, -0.2) is 4.79 Å². The number of nitrogens with one attached hydrogen (secondary N) is 2. The first kappa shape index (κ1) is 74.7. The van der Waals surface area contributed by atoms with Crippen molar-refractivity contribution in [3.05, 3.63) is 12.2 Å². The van der Waals surface area contributed by atoms with Crippen LogP contribution in [0.4, 0.5) is 0 Å². The number of unbranched alkanes of at least 4 members (excludes halogenated alkanes) is 24. The predicted octanol–water partition coefficient (Wildman–Crippen LogP) is 3.56. The van der Waals surface area contributed by atoms with Gasteiger partial charge >= 0.3 is 5.97 Å². The Hall–Kier alpha value is -2.53. The third-order valence-corrected chi connectivity index (χ3v) is 16.2. The maximum atomic E-state index is 13.4. The molecule has 0 aromatic heterocycles. The first-order valence-electron chi connectivity index (χ1n) is 31.5. The quantitative estimate of drug-likeness (QED) is 0.0306. The standard InChI is InChI=1S/C60H110N2O21/c1-4-6-8-10-12-14-16-18-19-20-22-24-26-28-30-32-34-47(70)62-41(42(67)33-31-29-27-25-23-21-17-15-13-11-9-7-5-2)39-78-57-52(74)51(73)54(46(38-65)80-57)81-58-53(75)56(50(72)45(37-64)79-58)83-60(59(76)77)35-43(68)48(61-40(3)66)55(82-60)49(71)44(69)36-63/h19-20,41-46,48-58,63-65,67-69,71-75H,4-18,21-39H2,1-3H3,(H,61,66)(H,62,70)(H,76,77)/b20-19-. The third kappa shape index (κ3) is 26.4. The fraction of sp³-hybridized carbons (Fsp3) is 0.917. The number of rotatable bonds is 46. The lowest BCUT2D eigenvalue weighted by atomic mass is 9.88. The smallest absolute Gasteiger partial charge is 0.364 e. The second kappa shape index (κ2) is 42.4. The van der Waals surface area contributed by atoms with Crippen LogP contribution in [-0.4, -0.2) is 215 Å². The summed E-state index contributed by atoms with van der Waals surface area (Å²) in [5.41, 5.74) is 0. The first-order chi connectivity index (χ1) is 39.9. The molecule has 486 valence electrons. The number of carboxylic acids is 1. The van der Waals surface area contributed by atoms with Crippen molar-refractivity contribution < 1.29 is 104 Å². The van der Waals surface area contributed by atoms with Crippen molar-refractivity contribution in [3.63, 3.8) is 0 Å². The Morgan fingerprint density at radius 1 is 0.614 bits per heavy atom. The number of ether oxygens (including phenoxy) is 6. The zero-order valence-electron chi connectivity index (χ0n) is 50.1. The van der Waals surface area contributed by atoms with Gasteiger partial charge in [-0.3, -0.25) is 9.59 Å².